The summed E-state index contributed by atoms with van der Waals surface area (Å²) in [6, 6.07) is 7.42. The van der Waals surface area contributed by atoms with Crippen molar-refractivity contribution in [2.75, 3.05) is 25.0 Å². The van der Waals surface area contributed by atoms with Gasteiger partial charge in [0.15, 0.2) is 0 Å². The quantitative estimate of drug-likeness (QED) is 0.809. The molecule has 0 aliphatic carbocycles. The Kier molecular flexibility index (Phi) is 4.97. The van der Waals surface area contributed by atoms with Gasteiger partial charge in [0.05, 0.1) is 6.10 Å². The minimum atomic E-state index is -0.524. The van der Waals surface area contributed by atoms with E-state index in [4.69, 9.17) is 5.11 Å². The van der Waals surface area contributed by atoms with Gasteiger partial charge in [0, 0.05) is 31.4 Å². The Morgan fingerprint density at radius 2 is 2.00 bits per heavy atom. The fourth-order valence-corrected chi connectivity index (χ4v) is 1.39. The number of aliphatic hydroxyl groups is 1. The number of carbonyl (C=O) groups is 1. The summed E-state index contributed by atoms with van der Waals surface area (Å²) in [4.78, 5) is 13.8. The molecule has 4 nitrogen and oxygen atoms in total. The van der Waals surface area contributed by atoms with Crippen molar-refractivity contribution >= 4 is 11.6 Å². The largest absolute Gasteiger partial charge is 0.392 e. The molecule has 0 aromatic heterocycles. The average molecular weight is 236 g/mol. The molecule has 1 aromatic rings. The highest BCUT2D eigenvalue weighted by Crippen LogP contribution is 2.13. The number of benzene rings is 1. The molecule has 0 radical (unpaired) electrons. The lowest BCUT2D eigenvalue weighted by molar-refractivity contribution is 0.0924. The number of nitrogens with one attached hydrogen (secondary N) is 1. The highest BCUT2D eigenvalue weighted by Gasteiger charge is 2.06. The van der Waals surface area contributed by atoms with E-state index in [2.05, 4.69) is 17.1 Å². The summed E-state index contributed by atoms with van der Waals surface area (Å²) in [6.07, 6.45) is -0.524. The summed E-state index contributed by atoms with van der Waals surface area (Å²) in [7, 11) is 2.00. The molecule has 1 aromatic carbocycles. The van der Waals surface area contributed by atoms with Crippen molar-refractivity contribution in [2.24, 2.45) is 0 Å². The third-order valence-electron chi connectivity index (χ3n) is 2.60. The van der Waals surface area contributed by atoms with Crippen LogP contribution in [0.3, 0.4) is 0 Å². The summed E-state index contributed by atoms with van der Waals surface area (Å²) in [6.45, 7) is 4.91. The van der Waals surface area contributed by atoms with Crippen molar-refractivity contribution < 1.29 is 9.90 Å². The van der Waals surface area contributed by atoms with E-state index >= 15 is 0 Å². The van der Waals surface area contributed by atoms with Crippen LogP contribution in [0.25, 0.3) is 0 Å². The predicted molar refractivity (Wildman–Crippen MR) is 69.4 cm³/mol. The summed E-state index contributed by atoms with van der Waals surface area (Å²) < 4.78 is 0. The lowest BCUT2D eigenvalue weighted by atomic mass is 10.2. The van der Waals surface area contributed by atoms with Crippen molar-refractivity contribution in [1.29, 1.82) is 0 Å². The number of aliphatic hydroxyl groups excluding tert-OH is 1. The topological polar surface area (TPSA) is 52.6 Å². The Hall–Kier alpha value is -1.55. The fourth-order valence-electron chi connectivity index (χ4n) is 1.39. The maximum atomic E-state index is 11.7. The van der Waals surface area contributed by atoms with Gasteiger partial charge >= 0.3 is 0 Å². The molecule has 0 fully saturated rings. The number of carbonyl (C=O) groups excluding carboxylic acids is 1. The zero-order valence-corrected chi connectivity index (χ0v) is 10.6. The molecule has 0 aliphatic heterocycles. The highest BCUT2D eigenvalue weighted by atomic mass is 16.3. The first kappa shape index (κ1) is 13.5. The Balaban J connectivity index is 2.64. The smallest absolute Gasteiger partial charge is 0.251 e. The van der Waals surface area contributed by atoms with Gasteiger partial charge in [-0.15, -0.1) is 0 Å². The van der Waals surface area contributed by atoms with Crippen LogP contribution in [0, 0.1) is 0 Å². The monoisotopic (exact) mass is 236 g/mol. The molecule has 0 saturated carbocycles. The molecule has 17 heavy (non-hydrogen) atoms. The van der Waals surface area contributed by atoms with E-state index in [1.54, 1.807) is 19.1 Å². The summed E-state index contributed by atoms with van der Waals surface area (Å²) in [5, 5.41) is 11.7. The van der Waals surface area contributed by atoms with Crippen LogP contribution in [0.5, 0.6) is 0 Å². The zero-order valence-electron chi connectivity index (χ0n) is 10.6. The first-order valence-corrected chi connectivity index (χ1v) is 5.82. The number of anilines is 1. The van der Waals surface area contributed by atoms with Gasteiger partial charge in [0.1, 0.15) is 0 Å². The van der Waals surface area contributed by atoms with E-state index < -0.39 is 6.10 Å². The molecule has 0 saturated heterocycles. The van der Waals surface area contributed by atoms with Crippen molar-refractivity contribution in [3.63, 3.8) is 0 Å². The zero-order chi connectivity index (χ0) is 12.8. The third-order valence-corrected chi connectivity index (χ3v) is 2.60. The lowest BCUT2D eigenvalue weighted by Gasteiger charge is -2.16. The molecule has 4 heteroatoms. The maximum absolute atomic E-state index is 11.7. The summed E-state index contributed by atoms with van der Waals surface area (Å²) in [5.41, 5.74) is 1.69. The molecule has 1 amide bonds. The van der Waals surface area contributed by atoms with E-state index in [0.29, 0.717) is 5.56 Å². The standard InChI is InChI=1S/C13H20N2O2/c1-4-15(3)12-7-5-11(6-8-12)13(17)14-9-10(2)16/h5-8,10,16H,4,9H2,1-3H3,(H,14,17). The van der Waals surface area contributed by atoms with Crippen LogP contribution in [0.1, 0.15) is 24.2 Å². The molecule has 0 aliphatic rings. The Morgan fingerprint density at radius 1 is 1.41 bits per heavy atom. The highest BCUT2D eigenvalue weighted by molar-refractivity contribution is 5.94. The molecule has 1 atom stereocenters. The van der Waals surface area contributed by atoms with E-state index in [1.807, 2.05) is 19.2 Å². The first-order chi connectivity index (χ1) is 8.04. The second kappa shape index (κ2) is 6.25. The minimum Gasteiger partial charge on any atom is -0.392 e. The van der Waals surface area contributed by atoms with Gasteiger partial charge in [-0.1, -0.05) is 0 Å². The van der Waals surface area contributed by atoms with E-state index in [-0.39, 0.29) is 12.5 Å². The van der Waals surface area contributed by atoms with Gasteiger partial charge in [0.25, 0.3) is 5.91 Å². The first-order valence-electron chi connectivity index (χ1n) is 5.82. The van der Waals surface area contributed by atoms with Gasteiger partial charge in [0.2, 0.25) is 0 Å². The van der Waals surface area contributed by atoms with Crippen LogP contribution in [-0.2, 0) is 0 Å². The molecular weight excluding hydrogens is 216 g/mol. The number of rotatable bonds is 5. The van der Waals surface area contributed by atoms with Gasteiger partial charge in [-0.05, 0) is 38.1 Å². The van der Waals surface area contributed by atoms with Gasteiger partial charge in [-0.3, -0.25) is 4.79 Å². The summed E-state index contributed by atoms with van der Waals surface area (Å²) in [5.74, 6) is -0.156. The van der Waals surface area contributed by atoms with Crippen LogP contribution in [0.4, 0.5) is 5.69 Å². The van der Waals surface area contributed by atoms with Crippen molar-refractivity contribution in [3.05, 3.63) is 29.8 Å². The SMILES string of the molecule is CCN(C)c1ccc(C(=O)NCC(C)O)cc1. The van der Waals surface area contributed by atoms with E-state index in [0.717, 1.165) is 12.2 Å². The molecule has 0 bridgehead atoms. The Morgan fingerprint density at radius 3 is 2.47 bits per heavy atom. The number of amides is 1. The normalized spacial score (nSPS) is 12.0. The van der Waals surface area contributed by atoms with E-state index in [1.165, 1.54) is 0 Å². The number of hydrogen-bond acceptors (Lipinski definition) is 3. The van der Waals surface area contributed by atoms with Gasteiger partial charge < -0.3 is 15.3 Å². The predicted octanol–water partition coefficient (Wildman–Crippen LogP) is 1.25. The second-order valence-corrected chi connectivity index (χ2v) is 4.12. The van der Waals surface area contributed by atoms with Crippen LogP contribution < -0.4 is 10.2 Å². The van der Waals surface area contributed by atoms with E-state index in [9.17, 15) is 4.79 Å². The maximum Gasteiger partial charge on any atom is 0.251 e. The number of hydrogen-bond donors (Lipinski definition) is 2. The molecular formula is C13H20N2O2. The van der Waals surface area contributed by atoms with Crippen LogP contribution in [0.2, 0.25) is 0 Å². The van der Waals surface area contributed by atoms with Gasteiger partial charge in [-0.25, -0.2) is 0 Å². The molecule has 0 heterocycles. The Bertz CT molecular complexity index is 360. The van der Waals surface area contributed by atoms with Crippen molar-refractivity contribution in [3.8, 4) is 0 Å². The minimum absolute atomic E-state index is 0.156. The van der Waals surface area contributed by atoms with Crippen molar-refractivity contribution in [2.45, 2.75) is 20.0 Å². The third kappa shape index (κ3) is 4.07. The average Bonchev–Trinajstić information content (AvgIpc) is 2.35. The lowest BCUT2D eigenvalue weighted by Crippen LogP contribution is -2.30. The molecule has 94 valence electrons. The second-order valence-electron chi connectivity index (χ2n) is 4.12. The van der Waals surface area contributed by atoms with Crippen LogP contribution in [-0.4, -0.2) is 37.3 Å². The van der Waals surface area contributed by atoms with Crippen LogP contribution in [0.15, 0.2) is 24.3 Å². The fraction of sp³-hybridized carbons (Fsp3) is 0.462. The Labute approximate surface area is 102 Å². The number of nitrogens with zero attached hydrogens (tertiary/aromatic N) is 1. The summed E-state index contributed by atoms with van der Waals surface area (Å²) >= 11 is 0. The molecule has 1 unspecified atom stereocenters. The van der Waals surface area contributed by atoms with Gasteiger partial charge in [-0.2, -0.15) is 0 Å². The molecule has 0 spiro atoms. The van der Waals surface area contributed by atoms with Crippen LogP contribution >= 0.6 is 0 Å². The molecule has 1 rings (SSSR count). The molecule has 2 N–H and O–H groups in total. The van der Waals surface area contributed by atoms with Crippen molar-refractivity contribution in [1.82, 2.24) is 5.32 Å².